The molecule has 2 heteroatoms. The van der Waals surface area contributed by atoms with Crippen molar-refractivity contribution in [2.75, 3.05) is 7.05 Å². The smallest absolute Gasteiger partial charge is 0.139 e. The van der Waals surface area contributed by atoms with Crippen LogP contribution in [0.25, 0.3) is 21.9 Å². The fraction of sp³-hybridized carbons (Fsp3) is 0.158. The summed E-state index contributed by atoms with van der Waals surface area (Å²) < 4.78 is 6.08. The Balaban J connectivity index is 2.06. The average molecular weight is 277 g/mol. The minimum absolute atomic E-state index is 0.872. The Bertz CT molecular complexity index is 824. The third-order valence-electron chi connectivity index (χ3n) is 3.72. The maximum Gasteiger partial charge on any atom is 0.139 e. The van der Waals surface area contributed by atoms with Gasteiger partial charge in [0.1, 0.15) is 11.2 Å². The van der Waals surface area contributed by atoms with Crippen LogP contribution in [-0.2, 0) is 6.42 Å². The molecule has 0 spiro atoms. The number of hydrogen-bond acceptors (Lipinski definition) is 2. The van der Waals surface area contributed by atoms with Crippen molar-refractivity contribution in [1.29, 1.82) is 0 Å². The lowest BCUT2D eigenvalue weighted by Crippen LogP contribution is -1.90. The molecule has 3 rings (SSSR count). The van der Waals surface area contributed by atoms with E-state index in [9.17, 15) is 0 Å². The van der Waals surface area contributed by atoms with Crippen LogP contribution in [0, 0.1) is 6.92 Å². The minimum atomic E-state index is 0.872. The van der Waals surface area contributed by atoms with Gasteiger partial charge < -0.3 is 9.73 Å². The van der Waals surface area contributed by atoms with Crippen LogP contribution in [0.2, 0.25) is 0 Å². The zero-order chi connectivity index (χ0) is 14.7. The number of hydrogen-bond donors (Lipinski definition) is 1. The number of rotatable bonds is 4. The van der Waals surface area contributed by atoms with Gasteiger partial charge in [-0.25, -0.2) is 0 Å². The van der Waals surface area contributed by atoms with Crippen LogP contribution >= 0.6 is 0 Å². The van der Waals surface area contributed by atoms with E-state index in [1.165, 1.54) is 21.9 Å². The van der Waals surface area contributed by atoms with Crippen LogP contribution < -0.4 is 5.32 Å². The third kappa shape index (κ3) is 2.57. The van der Waals surface area contributed by atoms with Gasteiger partial charge in [-0.05, 0) is 37.3 Å². The molecule has 0 aliphatic heterocycles. The second kappa shape index (κ2) is 5.88. The van der Waals surface area contributed by atoms with Crippen molar-refractivity contribution in [3.05, 3.63) is 72.0 Å². The van der Waals surface area contributed by atoms with Gasteiger partial charge in [-0.15, -0.1) is 0 Å². The van der Waals surface area contributed by atoms with E-state index in [0.717, 1.165) is 17.6 Å². The van der Waals surface area contributed by atoms with E-state index in [0.29, 0.717) is 0 Å². The van der Waals surface area contributed by atoms with Gasteiger partial charge in [0.05, 0.1) is 0 Å². The highest BCUT2D eigenvalue weighted by molar-refractivity contribution is 6.06. The van der Waals surface area contributed by atoms with Crippen LogP contribution in [0.1, 0.15) is 11.1 Å². The average Bonchev–Trinajstić information content (AvgIpc) is 2.87. The van der Waals surface area contributed by atoms with Crippen LogP contribution in [0.4, 0.5) is 0 Å². The number of benzene rings is 2. The molecule has 21 heavy (non-hydrogen) atoms. The highest BCUT2D eigenvalue weighted by Crippen LogP contribution is 2.32. The molecule has 1 aromatic heterocycles. The Morgan fingerprint density at radius 1 is 1.05 bits per heavy atom. The molecule has 0 bridgehead atoms. The summed E-state index contributed by atoms with van der Waals surface area (Å²) in [5.41, 5.74) is 4.50. The molecule has 2 nitrogen and oxygen atoms in total. The third-order valence-corrected chi connectivity index (χ3v) is 3.72. The number of fused-ring (bicyclic) bond motifs is 3. The first-order valence-corrected chi connectivity index (χ1v) is 7.20. The van der Waals surface area contributed by atoms with Gasteiger partial charge in [-0.1, -0.05) is 42.5 Å². The van der Waals surface area contributed by atoms with Gasteiger partial charge in [-0.3, -0.25) is 0 Å². The zero-order valence-corrected chi connectivity index (χ0v) is 12.4. The lowest BCUT2D eigenvalue weighted by Gasteiger charge is -2.03. The number of nitrogens with one attached hydrogen (secondary N) is 1. The van der Waals surface area contributed by atoms with Crippen LogP contribution in [0.15, 0.2) is 65.2 Å². The molecule has 0 saturated heterocycles. The van der Waals surface area contributed by atoms with Crippen molar-refractivity contribution in [2.45, 2.75) is 13.3 Å². The molecule has 0 unspecified atom stereocenters. The lowest BCUT2D eigenvalue weighted by molar-refractivity contribution is 0.664. The Labute approximate surface area is 124 Å². The molecular formula is C19H19NO. The largest absolute Gasteiger partial charge is 0.456 e. The molecule has 0 fully saturated rings. The first kappa shape index (κ1) is 13.5. The lowest BCUT2D eigenvalue weighted by atomic mass is 10.0. The highest BCUT2D eigenvalue weighted by Gasteiger charge is 2.11. The van der Waals surface area contributed by atoms with E-state index >= 15 is 0 Å². The molecule has 2 aromatic carbocycles. The van der Waals surface area contributed by atoms with Crippen molar-refractivity contribution in [3.63, 3.8) is 0 Å². The summed E-state index contributed by atoms with van der Waals surface area (Å²) in [5.74, 6) is 0. The quantitative estimate of drug-likeness (QED) is 0.698. The molecule has 0 saturated carbocycles. The maximum absolute atomic E-state index is 6.08. The molecule has 0 amide bonds. The standard InChI is InChI=1S/C19H19NO/c1-14-11-12-17-16-9-5-6-10-18(16)21-19(17)15(14)8-4-3-7-13-20-2/h3-7,9-13,20H,8H2,1-2H3/b4-3-,13-7-. The van der Waals surface area contributed by atoms with E-state index in [-0.39, 0.29) is 0 Å². The molecule has 106 valence electrons. The second-order valence-corrected chi connectivity index (χ2v) is 5.12. The Hall–Kier alpha value is -2.48. The SMILES string of the molecule is CN/C=C\C=C/Cc1c(C)ccc2c1oc1ccccc12. The number of para-hydroxylation sites is 1. The van der Waals surface area contributed by atoms with Gasteiger partial charge in [0.15, 0.2) is 0 Å². The monoisotopic (exact) mass is 277 g/mol. The fourth-order valence-electron chi connectivity index (χ4n) is 2.61. The van der Waals surface area contributed by atoms with Crippen molar-refractivity contribution < 1.29 is 4.42 Å². The van der Waals surface area contributed by atoms with E-state index < -0.39 is 0 Å². The molecule has 3 aromatic rings. The summed E-state index contributed by atoms with van der Waals surface area (Å²) in [6, 6.07) is 12.5. The Morgan fingerprint density at radius 2 is 1.90 bits per heavy atom. The predicted molar refractivity (Wildman–Crippen MR) is 89.5 cm³/mol. The van der Waals surface area contributed by atoms with Gasteiger partial charge in [-0.2, -0.15) is 0 Å². The summed E-state index contributed by atoms with van der Waals surface area (Å²) in [6.45, 7) is 2.14. The minimum Gasteiger partial charge on any atom is -0.456 e. The number of aryl methyl sites for hydroxylation is 1. The molecule has 0 aliphatic rings. The summed E-state index contributed by atoms with van der Waals surface area (Å²) >= 11 is 0. The number of allylic oxidation sites excluding steroid dienone is 3. The van der Waals surface area contributed by atoms with Gasteiger partial charge in [0, 0.05) is 23.4 Å². The maximum atomic E-state index is 6.08. The Morgan fingerprint density at radius 3 is 2.76 bits per heavy atom. The van der Waals surface area contributed by atoms with Crippen molar-refractivity contribution in [2.24, 2.45) is 0 Å². The van der Waals surface area contributed by atoms with E-state index in [4.69, 9.17) is 4.42 Å². The van der Waals surface area contributed by atoms with Crippen LogP contribution in [0.5, 0.6) is 0 Å². The Kier molecular flexibility index (Phi) is 3.78. The van der Waals surface area contributed by atoms with Gasteiger partial charge in [0.25, 0.3) is 0 Å². The summed E-state index contributed by atoms with van der Waals surface area (Å²) in [5, 5.41) is 5.36. The van der Waals surface area contributed by atoms with E-state index in [1.807, 2.05) is 31.5 Å². The van der Waals surface area contributed by atoms with Crippen LogP contribution in [0.3, 0.4) is 0 Å². The first-order valence-electron chi connectivity index (χ1n) is 7.20. The zero-order valence-electron chi connectivity index (χ0n) is 12.4. The molecule has 0 radical (unpaired) electrons. The van der Waals surface area contributed by atoms with Crippen molar-refractivity contribution in [1.82, 2.24) is 5.32 Å². The molecular weight excluding hydrogens is 258 g/mol. The van der Waals surface area contributed by atoms with Crippen molar-refractivity contribution >= 4 is 21.9 Å². The second-order valence-electron chi connectivity index (χ2n) is 5.12. The first-order chi connectivity index (χ1) is 10.3. The molecule has 1 heterocycles. The molecule has 0 atom stereocenters. The van der Waals surface area contributed by atoms with Crippen LogP contribution in [-0.4, -0.2) is 7.05 Å². The molecule has 1 N–H and O–H groups in total. The van der Waals surface area contributed by atoms with E-state index in [1.54, 1.807) is 0 Å². The molecule has 0 aliphatic carbocycles. The predicted octanol–water partition coefficient (Wildman–Crippen LogP) is 4.73. The summed E-state index contributed by atoms with van der Waals surface area (Å²) in [7, 11) is 1.89. The number of furan rings is 1. The van der Waals surface area contributed by atoms with E-state index in [2.05, 4.69) is 48.7 Å². The summed E-state index contributed by atoms with van der Waals surface area (Å²) in [4.78, 5) is 0. The fourth-order valence-corrected chi connectivity index (χ4v) is 2.61. The normalized spacial score (nSPS) is 12.1. The van der Waals surface area contributed by atoms with Crippen molar-refractivity contribution in [3.8, 4) is 0 Å². The van der Waals surface area contributed by atoms with Gasteiger partial charge >= 0.3 is 0 Å². The topological polar surface area (TPSA) is 25.2 Å². The van der Waals surface area contributed by atoms with Gasteiger partial charge in [0.2, 0.25) is 0 Å². The highest BCUT2D eigenvalue weighted by atomic mass is 16.3. The summed E-state index contributed by atoms with van der Waals surface area (Å²) in [6.07, 6.45) is 8.98.